The molecule has 0 saturated carbocycles. The second-order valence-electron chi connectivity index (χ2n) is 4.83. The predicted octanol–water partition coefficient (Wildman–Crippen LogP) is 3.02. The van der Waals surface area contributed by atoms with Gasteiger partial charge in [-0.2, -0.15) is 0 Å². The molecule has 3 heteroatoms. The normalized spacial score (nSPS) is 21.2. The van der Waals surface area contributed by atoms with E-state index in [4.69, 9.17) is 4.74 Å². The fraction of sp³-hybridized carbons (Fsp3) is 0.250. The molecule has 1 unspecified atom stereocenters. The Kier molecular flexibility index (Phi) is 2.79. The average molecular weight is 258 g/mol. The van der Waals surface area contributed by atoms with Gasteiger partial charge in [-0.25, -0.2) is 4.39 Å². The third-order valence-corrected chi connectivity index (χ3v) is 3.85. The van der Waals surface area contributed by atoms with Crippen LogP contribution in [0.2, 0.25) is 0 Å². The maximum atomic E-state index is 13.8. The second-order valence-corrected chi connectivity index (χ2v) is 4.83. The van der Waals surface area contributed by atoms with Gasteiger partial charge in [0.25, 0.3) is 0 Å². The van der Waals surface area contributed by atoms with E-state index in [1.165, 1.54) is 6.07 Å². The summed E-state index contributed by atoms with van der Waals surface area (Å²) in [5, 5.41) is 11.0. The molecule has 1 aliphatic rings. The van der Waals surface area contributed by atoms with E-state index in [1.54, 1.807) is 19.2 Å². The summed E-state index contributed by atoms with van der Waals surface area (Å²) in [6.45, 7) is 0. The lowest BCUT2D eigenvalue weighted by molar-refractivity contribution is 0.0799. The molecule has 0 spiro atoms. The molecule has 0 aliphatic heterocycles. The highest BCUT2D eigenvalue weighted by atomic mass is 19.1. The van der Waals surface area contributed by atoms with Gasteiger partial charge in [0.05, 0.1) is 7.11 Å². The standard InChI is InChI=1S/C16H15FO2/c1-19-15-8-3-2-5-13(15)16(18)10-9-11-12(16)6-4-7-14(11)17/h2-8,18H,9-10H2,1H3. The molecule has 0 heterocycles. The molecule has 1 N–H and O–H groups in total. The van der Waals surface area contributed by atoms with Crippen LogP contribution in [0.15, 0.2) is 42.5 Å². The third kappa shape index (κ3) is 1.73. The summed E-state index contributed by atoms with van der Waals surface area (Å²) in [5.74, 6) is 0.380. The van der Waals surface area contributed by atoms with Crippen molar-refractivity contribution in [1.82, 2.24) is 0 Å². The van der Waals surface area contributed by atoms with Crippen LogP contribution < -0.4 is 4.74 Å². The Bertz CT molecular complexity index is 624. The van der Waals surface area contributed by atoms with E-state index in [2.05, 4.69) is 0 Å². The van der Waals surface area contributed by atoms with Crippen molar-refractivity contribution in [1.29, 1.82) is 0 Å². The first kappa shape index (κ1) is 12.2. The number of benzene rings is 2. The van der Waals surface area contributed by atoms with Crippen LogP contribution in [-0.4, -0.2) is 12.2 Å². The van der Waals surface area contributed by atoms with Crippen molar-refractivity contribution in [2.45, 2.75) is 18.4 Å². The van der Waals surface area contributed by atoms with Crippen LogP contribution in [0.25, 0.3) is 0 Å². The highest BCUT2D eigenvalue weighted by Gasteiger charge is 2.41. The summed E-state index contributed by atoms with van der Waals surface area (Å²) >= 11 is 0. The van der Waals surface area contributed by atoms with Crippen LogP contribution in [-0.2, 0) is 12.0 Å². The number of halogens is 1. The highest BCUT2D eigenvalue weighted by molar-refractivity contribution is 5.50. The van der Waals surface area contributed by atoms with Crippen molar-refractivity contribution in [2.24, 2.45) is 0 Å². The molecule has 1 atom stereocenters. The summed E-state index contributed by atoms with van der Waals surface area (Å²) in [6, 6.07) is 12.2. The van der Waals surface area contributed by atoms with E-state index in [0.29, 0.717) is 35.3 Å². The summed E-state index contributed by atoms with van der Waals surface area (Å²) in [6.07, 6.45) is 1.01. The lowest BCUT2D eigenvalue weighted by Crippen LogP contribution is -2.24. The van der Waals surface area contributed by atoms with Crippen molar-refractivity contribution in [2.75, 3.05) is 7.11 Å². The molecule has 2 aromatic carbocycles. The molecule has 98 valence electrons. The Morgan fingerprint density at radius 1 is 1.11 bits per heavy atom. The van der Waals surface area contributed by atoms with Crippen molar-refractivity contribution in [3.05, 3.63) is 65.0 Å². The van der Waals surface area contributed by atoms with Crippen LogP contribution in [0.5, 0.6) is 5.75 Å². The lowest BCUT2D eigenvalue weighted by Gasteiger charge is -2.26. The van der Waals surface area contributed by atoms with Crippen LogP contribution >= 0.6 is 0 Å². The minimum absolute atomic E-state index is 0.247. The fourth-order valence-electron chi connectivity index (χ4n) is 2.91. The first-order valence-electron chi connectivity index (χ1n) is 6.30. The Hall–Kier alpha value is -1.87. The summed E-state index contributed by atoms with van der Waals surface area (Å²) < 4.78 is 19.1. The summed E-state index contributed by atoms with van der Waals surface area (Å²) in [5.41, 5.74) is 0.791. The number of methoxy groups -OCH3 is 1. The minimum atomic E-state index is -1.16. The van der Waals surface area contributed by atoms with Gasteiger partial charge >= 0.3 is 0 Å². The quantitative estimate of drug-likeness (QED) is 0.897. The number of hydrogen-bond acceptors (Lipinski definition) is 2. The molecular weight excluding hydrogens is 243 g/mol. The molecule has 0 radical (unpaired) electrons. The van der Waals surface area contributed by atoms with Crippen LogP contribution in [0, 0.1) is 5.82 Å². The minimum Gasteiger partial charge on any atom is -0.496 e. The topological polar surface area (TPSA) is 29.5 Å². The Balaban J connectivity index is 2.19. The molecule has 0 aromatic heterocycles. The second kappa shape index (κ2) is 4.35. The molecule has 2 nitrogen and oxygen atoms in total. The maximum Gasteiger partial charge on any atom is 0.126 e. The van der Waals surface area contributed by atoms with Gasteiger partial charge in [0.2, 0.25) is 0 Å². The van der Waals surface area contributed by atoms with Gasteiger partial charge in [-0.15, -0.1) is 0 Å². The van der Waals surface area contributed by atoms with Gasteiger partial charge in [0.1, 0.15) is 17.2 Å². The fourth-order valence-corrected chi connectivity index (χ4v) is 2.91. The van der Waals surface area contributed by atoms with Gasteiger partial charge in [0, 0.05) is 5.56 Å². The molecule has 0 fully saturated rings. The Morgan fingerprint density at radius 2 is 1.84 bits per heavy atom. The monoisotopic (exact) mass is 258 g/mol. The first-order chi connectivity index (χ1) is 9.16. The van der Waals surface area contributed by atoms with Gasteiger partial charge in [0.15, 0.2) is 0 Å². The zero-order valence-electron chi connectivity index (χ0n) is 10.7. The maximum absolute atomic E-state index is 13.8. The van der Waals surface area contributed by atoms with Crippen molar-refractivity contribution >= 4 is 0 Å². The van der Waals surface area contributed by atoms with E-state index in [9.17, 15) is 9.50 Å². The lowest BCUT2D eigenvalue weighted by atomic mass is 9.87. The zero-order valence-corrected chi connectivity index (χ0v) is 10.7. The van der Waals surface area contributed by atoms with E-state index in [0.717, 1.165) is 0 Å². The van der Waals surface area contributed by atoms with Gasteiger partial charge in [-0.3, -0.25) is 0 Å². The molecule has 0 bridgehead atoms. The number of hydrogen-bond donors (Lipinski definition) is 1. The number of aliphatic hydroxyl groups is 1. The van der Waals surface area contributed by atoms with E-state index >= 15 is 0 Å². The molecule has 1 aliphatic carbocycles. The van der Waals surface area contributed by atoms with E-state index in [-0.39, 0.29) is 5.82 Å². The molecule has 0 amide bonds. The molecule has 19 heavy (non-hydrogen) atoms. The Morgan fingerprint density at radius 3 is 2.63 bits per heavy atom. The van der Waals surface area contributed by atoms with E-state index < -0.39 is 5.60 Å². The summed E-state index contributed by atoms with van der Waals surface area (Å²) in [7, 11) is 1.57. The van der Waals surface area contributed by atoms with Gasteiger partial charge < -0.3 is 9.84 Å². The third-order valence-electron chi connectivity index (χ3n) is 3.85. The number of rotatable bonds is 2. The van der Waals surface area contributed by atoms with Gasteiger partial charge in [-0.1, -0.05) is 30.3 Å². The van der Waals surface area contributed by atoms with Crippen molar-refractivity contribution in [3.63, 3.8) is 0 Å². The highest BCUT2D eigenvalue weighted by Crippen LogP contribution is 2.45. The smallest absolute Gasteiger partial charge is 0.126 e. The van der Waals surface area contributed by atoms with Crippen LogP contribution in [0.4, 0.5) is 4.39 Å². The molecule has 3 rings (SSSR count). The SMILES string of the molecule is COc1ccccc1C1(O)CCc2c(F)cccc21. The average Bonchev–Trinajstić information content (AvgIpc) is 2.79. The first-order valence-corrected chi connectivity index (χ1v) is 6.30. The van der Waals surface area contributed by atoms with Gasteiger partial charge in [-0.05, 0) is 36.1 Å². The molecule has 0 saturated heterocycles. The predicted molar refractivity (Wildman–Crippen MR) is 70.7 cm³/mol. The van der Waals surface area contributed by atoms with E-state index in [1.807, 2.05) is 24.3 Å². The van der Waals surface area contributed by atoms with Crippen molar-refractivity contribution in [3.8, 4) is 5.75 Å². The van der Waals surface area contributed by atoms with Crippen LogP contribution in [0.3, 0.4) is 0 Å². The summed E-state index contributed by atoms with van der Waals surface area (Å²) in [4.78, 5) is 0. The molecule has 2 aromatic rings. The molecular formula is C16H15FO2. The Labute approximate surface area is 111 Å². The number of para-hydroxylation sites is 1. The largest absolute Gasteiger partial charge is 0.496 e. The number of ether oxygens (including phenoxy) is 1. The zero-order chi connectivity index (χ0) is 13.5. The number of fused-ring (bicyclic) bond motifs is 1. The van der Waals surface area contributed by atoms with Crippen LogP contribution in [0.1, 0.15) is 23.1 Å². The van der Waals surface area contributed by atoms with Crippen molar-refractivity contribution < 1.29 is 14.2 Å².